The Bertz CT molecular complexity index is 464. The lowest BCUT2D eigenvalue weighted by Gasteiger charge is -2.20. The smallest absolute Gasteiger partial charge is 0.225 e. The number of aliphatic hydroxyl groups is 1. The molecule has 0 atom stereocenters. The van der Waals surface area contributed by atoms with Gasteiger partial charge in [0.05, 0.1) is 11.9 Å². The predicted octanol–water partition coefficient (Wildman–Crippen LogP) is 0.800. The third-order valence-corrected chi connectivity index (χ3v) is 2.59. The molecule has 0 saturated heterocycles. The van der Waals surface area contributed by atoms with E-state index in [0.29, 0.717) is 12.1 Å². The van der Waals surface area contributed by atoms with Gasteiger partial charge < -0.3 is 10.4 Å². The van der Waals surface area contributed by atoms with E-state index in [2.05, 4.69) is 10.3 Å². The molecule has 0 aromatic carbocycles. The molecule has 2 rings (SSSR count). The van der Waals surface area contributed by atoms with E-state index in [0.717, 1.165) is 0 Å². The van der Waals surface area contributed by atoms with Crippen molar-refractivity contribution in [2.24, 2.45) is 11.7 Å². The summed E-state index contributed by atoms with van der Waals surface area (Å²) in [5.41, 5.74) is 4.74. The van der Waals surface area contributed by atoms with E-state index in [-0.39, 0.29) is 11.8 Å². The van der Waals surface area contributed by atoms with Gasteiger partial charge in [0.1, 0.15) is 0 Å². The SMILES string of the molecule is NC1(O)C=CC(CC(=O)Nc2cccnc2)C=C1. The molecule has 0 radical (unpaired) electrons. The maximum Gasteiger partial charge on any atom is 0.225 e. The summed E-state index contributed by atoms with van der Waals surface area (Å²) >= 11 is 0. The molecule has 1 aromatic heterocycles. The second-order valence-corrected chi connectivity index (χ2v) is 4.26. The number of nitrogens with zero attached hydrogens (tertiary/aromatic N) is 1. The average molecular weight is 245 g/mol. The van der Waals surface area contributed by atoms with Gasteiger partial charge in [0.2, 0.25) is 5.91 Å². The zero-order chi connectivity index (χ0) is 13.0. The summed E-state index contributed by atoms with van der Waals surface area (Å²) in [5.74, 6) is -0.157. The van der Waals surface area contributed by atoms with E-state index in [4.69, 9.17) is 5.73 Å². The number of nitrogens with one attached hydrogen (secondary N) is 1. The molecule has 4 N–H and O–H groups in total. The topological polar surface area (TPSA) is 88.2 Å². The molecule has 5 nitrogen and oxygen atoms in total. The largest absolute Gasteiger partial charge is 0.369 e. The lowest BCUT2D eigenvalue weighted by atomic mass is 9.96. The minimum atomic E-state index is -1.39. The van der Waals surface area contributed by atoms with Crippen molar-refractivity contribution in [3.63, 3.8) is 0 Å². The van der Waals surface area contributed by atoms with Crippen molar-refractivity contribution in [2.75, 3.05) is 5.32 Å². The Morgan fingerprint density at radius 2 is 2.22 bits per heavy atom. The van der Waals surface area contributed by atoms with Crippen LogP contribution in [0, 0.1) is 5.92 Å². The first-order valence-electron chi connectivity index (χ1n) is 5.65. The van der Waals surface area contributed by atoms with E-state index >= 15 is 0 Å². The molecule has 1 aliphatic carbocycles. The van der Waals surface area contributed by atoms with Crippen LogP contribution in [0.2, 0.25) is 0 Å². The molecule has 94 valence electrons. The number of carbonyl (C=O) groups excluding carboxylic acids is 1. The fourth-order valence-corrected chi connectivity index (χ4v) is 1.67. The molecule has 5 heteroatoms. The Balaban J connectivity index is 1.88. The number of amides is 1. The Morgan fingerprint density at radius 3 is 2.83 bits per heavy atom. The van der Waals surface area contributed by atoms with Gasteiger partial charge in [-0.25, -0.2) is 0 Å². The quantitative estimate of drug-likeness (QED) is 0.543. The van der Waals surface area contributed by atoms with Gasteiger partial charge in [-0.2, -0.15) is 0 Å². The third-order valence-electron chi connectivity index (χ3n) is 2.59. The van der Waals surface area contributed by atoms with Crippen LogP contribution in [-0.4, -0.2) is 21.7 Å². The second kappa shape index (κ2) is 5.12. The van der Waals surface area contributed by atoms with Gasteiger partial charge >= 0.3 is 0 Å². The highest BCUT2D eigenvalue weighted by molar-refractivity contribution is 5.90. The van der Waals surface area contributed by atoms with Gasteiger partial charge in [-0.3, -0.25) is 15.5 Å². The van der Waals surface area contributed by atoms with Gasteiger partial charge in [0.15, 0.2) is 5.72 Å². The van der Waals surface area contributed by atoms with Crippen LogP contribution in [0.15, 0.2) is 48.8 Å². The van der Waals surface area contributed by atoms with Gasteiger partial charge in [-0.15, -0.1) is 0 Å². The Kier molecular flexibility index (Phi) is 3.55. The van der Waals surface area contributed by atoms with Crippen LogP contribution in [-0.2, 0) is 4.79 Å². The van der Waals surface area contributed by atoms with Crippen LogP contribution in [0.1, 0.15) is 6.42 Å². The maximum atomic E-state index is 11.7. The fourth-order valence-electron chi connectivity index (χ4n) is 1.67. The van der Waals surface area contributed by atoms with E-state index in [9.17, 15) is 9.90 Å². The molecule has 0 unspecified atom stereocenters. The zero-order valence-corrected chi connectivity index (χ0v) is 9.78. The highest BCUT2D eigenvalue weighted by atomic mass is 16.3. The monoisotopic (exact) mass is 245 g/mol. The number of rotatable bonds is 3. The minimum Gasteiger partial charge on any atom is -0.369 e. The molecule has 0 bridgehead atoms. The number of hydrogen-bond acceptors (Lipinski definition) is 4. The molecule has 1 amide bonds. The number of allylic oxidation sites excluding steroid dienone is 2. The van der Waals surface area contributed by atoms with Crippen molar-refractivity contribution in [1.29, 1.82) is 0 Å². The summed E-state index contributed by atoms with van der Waals surface area (Å²) in [4.78, 5) is 15.7. The summed E-state index contributed by atoms with van der Waals surface area (Å²) in [6, 6.07) is 3.53. The van der Waals surface area contributed by atoms with Gasteiger partial charge in [-0.05, 0) is 24.3 Å². The molecule has 0 fully saturated rings. The number of nitrogens with two attached hydrogens (primary N) is 1. The standard InChI is InChI=1S/C13H15N3O2/c14-13(18)5-3-10(4-6-13)8-12(17)16-11-2-1-7-15-9-11/h1-7,9-10,18H,8,14H2,(H,16,17). The lowest BCUT2D eigenvalue weighted by Crippen LogP contribution is -2.36. The molecule has 0 saturated carbocycles. The molecule has 18 heavy (non-hydrogen) atoms. The van der Waals surface area contributed by atoms with Crippen molar-refractivity contribution >= 4 is 11.6 Å². The van der Waals surface area contributed by atoms with Gasteiger partial charge in [0, 0.05) is 18.5 Å². The highest BCUT2D eigenvalue weighted by Crippen LogP contribution is 2.18. The molecule has 1 heterocycles. The molecule has 1 aromatic rings. The van der Waals surface area contributed by atoms with Crippen molar-refractivity contribution in [3.05, 3.63) is 48.8 Å². The van der Waals surface area contributed by atoms with E-state index in [1.165, 1.54) is 12.2 Å². The first-order chi connectivity index (χ1) is 8.55. The summed E-state index contributed by atoms with van der Waals surface area (Å²) in [5, 5.41) is 12.2. The van der Waals surface area contributed by atoms with Crippen molar-refractivity contribution in [2.45, 2.75) is 12.1 Å². The Hall–Kier alpha value is -1.98. The molecule has 1 aliphatic rings. The van der Waals surface area contributed by atoms with Crippen LogP contribution in [0.3, 0.4) is 0 Å². The molecule has 0 spiro atoms. The zero-order valence-electron chi connectivity index (χ0n) is 9.78. The number of aromatic nitrogens is 1. The fraction of sp³-hybridized carbons (Fsp3) is 0.231. The average Bonchev–Trinajstić information content (AvgIpc) is 2.33. The Morgan fingerprint density at radius 1 is 1.50 bits per heavy atom. The summed E-state index contributed by atoms with van der Waals surface area (Å²) < 4.78 is 0. The van der Waals surface area contributed by atoms with E-state index in [1.54, 1.807) is 36.7 Å². The number of pyridine rings is 1. The summed E-state index contributed by atoms with van der Waals surface area (Å²) in [6.07, 6.45) is 9.95. The maximum absolute atomic E-state index is 11.7. The first-order valence-corrected chi connectivity index (χ1v) is 5.65. The molecule has 0 aliphatic heterocycles. The van der Waals surface area contributed by atoms with Gasteiger partial charge in [-0.1, -0.05) is 12.2 Å². The van der Waals surface area contributed by atoms with Crippen LogP contribution >= 0.6 is 0 Å². The van der Waals surface area contributed by atoms with E-state index < -0.39 is 5.72 Å². The second-order valence-electron chi connectivity index (χ2n) is 4.26. The minimum absolute atomic E-state index is 0.0505. The molecular weight excluding hydrogens is 230 g/mol. The first kappa shape index (κ1) is 12.5. The van der Waals surface area contributed by atoms with Crippen LogP contribution in [0.5, 0.6) is 0 Å². The Labute approximate surface area is 105 Å². The van der Waals surface area contributed by atoms with Crippen molar-refractivity contribution in [3.8, 4) is 0 Å². The van der Waals surface area contributed by atoms with Crippen LogP contribution in [0.4, 0.5) is 5.69 Å². The number of hydrogen-bond donors (Lipinski definition) is 3. The molecular formula is C13H15N3O2. The van der Waals surface area contributed by atoms with Gasteiger partial charge in [0.25, 0.3) is 0 Å². The van der Waals surface area contributed by atoms with Crippen LogP contribution in [0.25, 0.3) is 0 Å². The normalized spacial score (nSPS) is 26.0. The lowest BCUT2D eigenvalue weighted by molar-refractivity contribution is -0.116. The summed E-state index contributed by atoms with van der Waals surface area (Å²) in [7, 11) is 0. The van der Waals surface area contributed by atoms with Crippen LogP contribution < -0.4 is 11.1 Å². The van der Waals surface area contributed by atoms with Crippen molar-refractivity contribution in [1.82, 2.24) is 4.98 Å². The highest BCUT2D eigenvalue weighted by Gasteiger charge is 2.19. The number of carbonyl (C=O) groups is 1. The summed E-state index contributed by atoms with van der Waals surface area (Å²) in [6.45, 7) is 0. The predicted molar refractivity (Wildman–Crippen MR) is 68.4 cm³/mol. The van der Waals surface area contributed by atoms with Crippen molar-refractivity contribution < 1.29 is 9.90 Å². The third kappa shape index (κ3) is 3.51. The van der Waals surface area contributed by atoms with E-state index in [1.807, 2.05) is 0 Å². The number of anilines is 1.